The van der Waals surface area contributed by atoms with E-state index in [0.717, 1.165) is 11.1 Å². The average Bonchev–Trinajstić information content (AvgIpc) is 3.14. The van der Waals surface area contributed by atoms with E-state index in [1.165, 1.54) is 0 Å². The zero-order valence-corrected chi connectivity index (χ0v) is 15.8. The Kier molecular flexibility index (Phi) is 6.08. The van der Waals surface area contributed by atoms with E-state index in [-0.39, 0.29) is 19.1 Å². The molecule has 3 aromatic rings. The van der Waals surface area contributed by atoms with Crippen LogP contribution in [0.4, 0.5) is 0 Å². The van der Waals surface area contributed by atoms with Gasteiger partial charge in [0.15, 0.2) is 13.2 Å². The van der Waals surface area contributed by atoms with Crippen molar-refractivity contribution in [1.29, 1.82) is 0 Å². The lowest BCUT2D eigenvalue weighted by Gasteiger charge is -2.13. The summed E-state index contributed by atoms with van der Waals surface area (Å²) in [6.45, 7) is 3.81. The van der Waals surface area contributed by atoms with Crippen LogP contribution < -0.4 is 4.74 Å². The molecule has 2 aromatic carbocycles. The van der Waals surface area contributed by atoms with Crippen molar-refractivity contribution in [2.24, 2.45) is 0 Å². The topological polar surface area (TPSA) is 74.5 Å². The summed E-state index contributed by atoms with van der Waals surface area (Å²) < 4.78 is 15.8. The highest BCUT2D eigenvalue weighted by molar-refractivity contribution is 6.30. The van der Waals surface area contributed by atoms with E-state index in [1.807, 2.05) is 30.3 Å². The Balaban J connectivity index is 1.53. The quantitative estimate of drug-likeness (QED) is 0.551. The second-order valence-corrected chi connectivity index (χ2v) is 6.60. The van der Waals surface area contributed by atoms with Crippen molar-refractivity contribution in [3.63, 3.8) is 0 Å². The zero-order chi connectivity index (χ0) is 19.2. The number of hydrogen-bond acceptors (Lipinski definition) is 6. The number of benzene rings is 2. The van der Waals surface area contributed by atoms with Crippen LogP contribution in [0.2, 0.25) is 5.02 Å². The summed E-state index contributed by atoms with van der Waals surface area (Å²) in [5, 5.41) is 4.44. The van der Waals surface area contributed by atoms with Crippen molar-refractivity contribution in [2.75, 3.05) is 6.61 Å². The van der Waals surface area contributed by atoms with Gasteiger partial charge in [-0.1, -0.05) is 60.9 Å². The largest absolute Gasteiger partial charge is 0.482 e. The third kappa shape index (κ3) is 5.08. The molecule has 27 heavy (non-hydrogen) atoms. The van der Waals surface area contributed by atoms with Gasteiger partial charge in [-0.15, -0.1) is 0 Å². The van der Waals surface area contributed by atoms with Gasteiger partial charge in [0.2, 0.25) is 5.82 Å². The normalized spacial score (nSPS) is 10.8. The number of ether oxygens (including phenoxy) is 2. The molecule has 0 saturated carbocycles. The van der Waals surface area contributed by atoms with Gasteiger partial charge < -0.3 is 14.0 Å². The second kappa shape index (κ2) is 8.68. The predicted octanol–water partition coefficient (Wildman–Crippen LogP) is 4.64. The lowest BCUT2D eigenvalue weighted by atomic mass is 10.0. The first-order valence-corrected chi connectivity index (χ1v) is 8.86. The minimum absolute atomic E-state index is 0.123. The van der Waals surface area contributed by atoms with Gasteiger partial charge in [-0.2, -0.15) is 4.98 Å². The highest BCUT2D eigenvalue weighted by atomic mass is 35.5. The number of rotatable bonds is 7. The summed E-state index contributed by atoms with van der Waals surface area (Å²) in [7, 11) is 0. The Morgan fingerprint density at radius 1 is 1.19 bits per heavy atom. The summed E-state index contributed by atoms with van der Waals surface area (Å²) in [5.74, 6) is 1.02. The smallest absolute Gasteiger partial charge is 0.344 e. The molecule has 0 aliphatic carbocycles. The van der Waals surface area contributed by atoms with Crippen LogP contribution in [0.25, 0.3) is 11.4 Å². The number of aromatic nitrogens is 2. The molecule has 0 spiro atoms. The Morgan fingerprint density at radius 3 is 2.78 bits per heavy atom. The molecule has 0 bridgehead atoms. The van der Waals surface area contributed by atoms with E-state index in [9.17, 15) is 4.79 Å². The molecule has 0 atom stereocenters. The fraction of sp³-hybridized carbons (Fsp3) is 0.250. The number of carbonyl (C=O) groups excluding carboxylic acids is 1. The molecule has 0 aliphatic rings. The van der Waals surface area contributed by atoms with Crippen molar-refractivity contribution in [3.8, 4) is 17.1 Å². The molecule has 0 aliphatic heterocycles. The molecule has 7 heteroatoms. The Hall–Kier alpha value is -2.86. The van der Waals surface area contributed by atoms with Crippen molar-refractivity contribution < 1.29 is 18.8 Å². The van der Waals surface area contributed by atoms with Crippen LogP contribution >= 0.6 is 11.6 Å². The summed E-state index contributed by atoms with van der Waals surface area (Å²) in [6, 6.07) is 14.7. The third-order valence-electron chi connectivity index (χ3n) is 3.79. The lowest BCUT2D eigenvalue weighted by Crippen LogP contribution is -2.15. The zero-order valence-electron chi connectivity index (χ0n) is 15.0. The molecule has 0 unspecified atom stereocenters. The maximum absolute atomic E-state index is 11.9. The van der Waals surface area contributed by atoms with Crippen molar-refractivity contribution in [2.45, 2.75) is 26.4 Å². The Bertz CT molecular complexity index is 924. The SMILES string of the molecule is CC(C)c1ccccc1OCC(=O)OCc1nc(-c2cccc(Cl)c2)no1. The van der Waals surface area contributed by atoms with E-state index in [4.69, 9.17) is 25.6 Å². The van der Waals surface area contributed by atoms with Crippen LogP contribution in [0.1, 0.15) is 31.2 Å². The predicted molar refractivity (Wildman–Crippen MR) is 101 cm³/mol. The van der Waals surface area contributed by atoms with Crippen LogP contribution in [0.15, 0.2) is 53.1 Å². The first-order chi connectivity index (χ1) is 13.0. The summed E-state index contributed by atoms with van der Waals surface area (Å²) >= 11 is 5.95. The second-order valence-electron chi connectivity index (χ2n) is 6.16. The van der Waals surface area contributed by atoms with Crippen molar-refractivity contribution in [3.05, 3.63) is 65.0 Å². The molecule has 1 aromatic heterocycles. The third-order valence-corrected chi connectivity index (χ3v) is 4.03. The van der Waals surface area contributed by atoms with E-state index in [1.54, 1.807) is 18.2 Å². The molecular weight excluding hydrogens is 368 g/mol. The van der Waals surface area contributed by atoms with E-state index < -0.39 is 5.97 Å². The number of halogens is 1. The number of para-hydroxylation sites is 1. The highest BCUT2D eigenvalue weighted by Crippen LogP contribution is 2.25. The van der Waals surface area contributed by atoms with E-state index in [2.05, 4.69) is 24.0 Å². The lowest BCUT2D eigenvalue weighted by molar-refractivity contribution is -0.148. The standard InChI is InChI=1S/C20H19ClN2O4/c1-13(2)16-8-3-4-9-17(16)25-12-19(24)26-11-18-22-20(23-27-18)14-6-5-7-15(21)10-14/h3-10,13H,11-12H2,1-2H3. The molecule has 0 radical (unpaired) electrons. The van der Waals surface area contributed by atoms with E-state index >= 15 is 0 Å². The highest BCUT2D eigenvalue weighted by Gasteiger charge is 2.13. The molecule has 1 heterocycles. The first kappa shape index (κ1) is 18.9. The maximum Gasteiger partial charge on any atom is 0.344 e. The number of carbonyl (C=O) groups is 1. The monoisotopic (exact) mass is 386 g/mol. The molecule has 140 valence electrons. The minimum atomic E-state index is -0.518. The van der Waals surface area contributed by atoms with Gasteiger partial charge in [-0.05, 0) is 29.7 Å². The van der Waals surface area contributed by atoms with Crippen molar-refractivity contribution in [1.82, 2.24) is 10.1 Å². The van der Waals surface area contributed by atoms with Gasteiger partial charge in [0.1, 0.15) is 5.75 Å². The average molecular weight is 387 g/mol. The van der Waals surface area contributed by atoms with Gasteiger partial charge in [-0.25, -0.2) is 4.79 Å². The van der Waals surface area contributed by atoms with Crippen LogP contribution in [0.3, 0.4) is 0 Å². The van der Waals surface area contributed by atoms with Crippen LogP contribution in [-0.4, -0.2) is 22.7 Å². The molecule has 0 fully saturated rings. The van der Waals surface area contributed by atoms with Gasteiger partial charge in [0, 0.05) is 10.6 Å². The molecule has 3 rings (SSSR count). The first-order valence-electron chi connectivity index (χ1n) is 8.49. The Labute approximate surface area is 162 Å². The number of hydrogen-bond donors (Lipinski definition) is 0. The maximum atomic E-state index is 11.9. The summed E-state index contributed by atoms with van der Waals surface area (Å²) in [5.41, 5.74) is 1.76. The number of esters is 1. The molecular formula is C20H19ClN2O4. The molecule has 6 nitrogen and oxygen atoms in total. The van der Waals surface area contributed by atoms with Crippen LogP contribution in [0, 0.1) is 0 Å². The van der Waals surface area contributed by atoms with E-state index in [0.29, 0.717) is 22.5 Å². The minimum Gasteiger partial charge on any atom is -0.482 e. The number of nitrogens with zero attached hydrogens (tertiary/aromatic N) is 2. The molecule has 0 amide bonds. The van der Waals surface area contributed by atoms with Gasteiger partial charge in [0.05, 0.1) is 0 Å². The summed E-state index contributed by atoms with van der Waals surface area (Å²) in [6.07, 6.45) is 0. The van der Waals surface area contributed by atoms with Gasteiger partial charge in [-0.3, -0.25) is 0 Å². The van der Waals surface area contributed by atoms with Crippen molar-refractivity contribution >= 4 is 17.6 Å². The van der Waals surface area contributed by atoms with Gasteiger partial charge >= 0.3 is 5.97 Å². The Morgan fingerprint density at radius 2 is 2.00 bits per heavy atom. The molecule has 0 saturated heterocycles. The molecule has 0 N–H and O–H groups in total. The fourth-order valence-corrected chi connectivity index (χ4v) is 2.66. The fourth-order valence-electron chi connectivity index (χ4n) is 2.47. The summed E-state index contributed by atoms with van der Waals surface area (Å²) in [4.78, 5) is 16.1. The van der Waals surface area contributed by atoms with Crippen LogP contribution in [-0.2, 0) is 16.1 Å². The van der Waals surface area contributed by atoms with Gasteiger partial charge in [0.25, 0.3) is 5.89 Å². The van der Waals surface area contributed by atoms with Crippen LogP contribution in [0.5, 0.6) is 5.75 Å².